The Morgan fingerprint density at radius 3 is 2.43 bits per heavy atom. The van der Waals surface area contributed by atoms with Crippen molar-refractivity contribution in [3.63, 3.8) is 0 Å². The molecule has 3 N–H and O–H groups in total. The number of aliphatic hydroxyl groups excluding tert-OH is 1. The van der Waals surface area contributed by atoms with E-state index in [4.69, 9.17) is 27.8 Å². The Balaban J connectivity index is 2.26. The number of nitrogens with two attached hydrogens (primary N) is 1. The van der Waals surface area contributed by atoms with Crippen molar-refractivity contribution in [2.24, 2.45) is 5.73 Å². The first kappa shape index (κ1) is 17.9. The largest absolute Gasteiger partial charge is 0.494 e. The number of thiocarbonyl (C=S) groups is 1. The molecule has 4 nitrogen and oxygen atoms in total. The Labute approximate surface area is 132 Å². The molecule has 0 saturated carbocycles. The number of rotatable bonds is 11. The van der Waals surface area contributed by atoms with Crippen LogP contribution in [-0.4, -0.2) is 47.8 Å². The van der Waals surface area contributed by atoms with E-state index in [9.17, 15) is 0 Å². The molecule has 0 aliphatic heterocycles. The second-order valence-corrected chi connectivity index (χ2v) is 5.45. The highest BCUT2D eigenvalue weighted by Crippen LogP contribution is 2.12. The van der Waals surface area contributed by atoms with Crippen LogP contribution in [-0.2, 0) is 0 Å². The van der Waals surface area contributed by atoms with Crippen LogP contribution in [0.2, 0.25) is 0 Å². The summed E-state index contributed by atoms with van der Waals surface area (Å²) in [5.74, 6) is 0.831. The Hall–Kier alpha value is -1.17. The molecule has 118 valence electrons. The Bertz CT molecular complexity index is 409. The molecule has 0 unspecified atom stereocenters. The molecule has 0 atom stereocenters. The van der Waals surface area contributed by atoms with Crippen LogP contribution in [0.15, 0.2) is 24.3 Å². The molecule has 0 spiro atoms. The summed E-state index contributed by atoms with van der Waals surface area (Å²) in [7, 11) is 0. The molecule has 1 aromatic rings. The van der Waals surface area contributed by atoms with Gasteiger partial charge >= 0.3 is 0 Å². The third kappa shape index (κ3) is 7.41. The van der Waals surface area contributed by atoms with E-state index in [0.717, 1.165) is 37.4 Å². The Morgan fingerprint density at radius 1 is 1.19 bits per heavy atom. The number of nitrogens with zero attached hydrogens (tertiary/aromatic N) is 1. The molecule has 21 heavy (non-hydrogen) atoms. The van der Waals surface area contributed by atoms with Crippen molar-refractivity contribution < 1.29 is 9.84 Å². The van der Waals surface area contributed by atoms with Crippen molar-refractivity contribution in [1.82, 2.24) is 4.90 Å². The summed E-state index contributed by atoms with van der Waals surface area (Å²) in [5, 5.41) is 9.05. The molecule has 1 rings (SSSR count). The van der Waals surface area contributed by atoms with Gasteiger partial charge < -0.3 is 20.5 Å². The van der Waals surface area contributed by atoms with Crippen molar-refractivity contribution in [2.45, 2.75) is 26.2 Å². The first-order chi connectivity index (χ1) is 10.2. The fourth-order valence-corrected chi connectivity index (χ4v) is 2.19. The van der Waals surface area contributed by atoms with Crippen LogP contribution in [0, 0.1) is 0 Å². The van der Waals surface area contributed by atoms with Gasteiger partial charge in [0.05, 0.1) is 13.2 Å². The number of hydrogen-bond acceptors (Lipinski definition) is 4. The summed E-state index contributed by atoms with van der Waals surface area (Å²) < 4.78 is 5.70. The topological polar surface area (TPSA) is 58.7 Å². The molecule has 0 aliphatic rings. The van der Waals surface area contributed by atoms with E-state index in [1.165, 1.54) is 12.8 Å². The number of hydrogen-bond donors (Lipinski definition) is 2. The first-order valence-corrected chi connectivity index (χ1v) is 7.94. The zero-order valence-corrected chi connectivity index (χ0v) is 13.6. The van der Waals surface area contributed by atoms with E-state index < -0.39 is 0 Å². The maximum Gasteiger partial charge on any atom is 0.119 e. The Kier molecular flexibility index (Phi) is 8.98. The molecule has 0 saturated heterocycles. The highest BCUT2D eigenvalue weighted by molar-refractivity contribution is 7.80. The van der Waals surface area contributed by atoms with Crippen LogP contribution in [0.4, 0.5) is 0 Å². The van der Waals surface area contributed by atoms with E-state index in [2.05, 4.69) is 11.8 Å². The molecule has 0 radical (unpaired) electrons. The fraction of sp³-hybridized carbons (Fsp3) is 0.562. The summed E-state index contributed by atoms with van der Waals surface area (Å²) >= 11 is 4.91. The van der Waals surface area contributed by atoms with Gasteiger partial charge in [-0.1, -0.05) is 25.6 Å². The molecular formula is C16H26N2O2S. The van der Waals surface area contributed by atoms with Gasteiger partial charge in [-0.15, -0.1) is 0 Å². The van der Waals surface area contributed by atoms with Gasteiger partial charge in [0.1, 0.15) is 10.7 Å². The molecule has 1 aromatic carbocycles. The monoisotopic (exact) mass is 310 g/mol. The van der Waals surface area contributed by atoms with Gasteiger partial charge in [0, 0.05) is 18.7 Å². The summed E-state index contributed by atoms with van der Waals surface area (Å²) in [5.41, 5.74) is 6.40. The molecule has 0 aromatic heterocycles. The van der Waals surface area contributed by atoms with Crippen molar-refractivity contribution in [3.05, 3.63) is 29.8 Å². The standard InChI is InChI=1S/C16H26N2O2S/c1-2-3-9-18(11-12-19)10-4-13-20-15-7-5-14(6-8-15)16(17)21/h5-8,19H,2-4,9-13H2,1H3,(H2,17,21). The smallest absolute Gasteiger partial charge is 0.119 e. The normalized spacial score (nSPS) is 10.8. The fourth-order valence-electron chi connectivity index (χ4n) is 2.05. The molecule has 0 aliphatic carbocycles. The summed E-state index contributed by atoms with van der Waals surface area (Å²) in [6.07, 6.45) is 3.29. The van der Waals surface area contributed by atoms with Crippen LogP contribution in [0.1, 0.15) is 31.7 Å². The molecule has 0 bridgehead atoms. The lowest BCUT2D eigenvalue weighted by molar-refractivity contribution is 0.181. The van der Waals surface area contributed by atoms with Crippen LogP contribution in [0.25, 0.3) is 0 Å². The Morgan fingerprint density at radius 2 is 1.86 bits per heavy atom. The third-order valence-electron chi connectivity index (χ3n) is 3.27. The van der Waals surface area contributed by atoms with Gasteiger partial charge in [-0.25, -0.2) is 0 Å². The molecular weight excluding hydrogens is 284 g/mol. The van der Waals surface area contributed by atoms with Gasteiger partial charge in [-0.2, -0.15) is 0 Å². The lowest BCUT2D eigenvalue weighted by Gasteiger charge is -2.20. The van der Waals surface area contributed by atoms with E-state index in [-0.39, 0.29) is 6.61 Å². The van der Waals surface area contributed by atoms with Crippen molar-refractivity contribution in [3.8, 4) is 5.75 Å². The number of ether oxygens (including phenoxy) is 1. The number of benzene rings is 1. The summed E-state index contributed by atoms with van der Waals surface area (Å²) in [4.78, 5) is 2.68. The van der Waals surface area contributed by atoms with Gasteiger partial charge in [0.25, 0.3) is 0 Å². The van der Waals surface area contributed by atoms with E-state index in [1.807, 2.05) is 24.3 Å². The zero-order valence-electron chi connectivity index (χ0n) is 12.8. The minimum Gasteiger partial charge on any atom is -0.494 e. The summed E-state index contributed by atoms with van der Waals surface area (Å²) in [6.45, 7) is 5.79. The predicted octanol–water partition coefficient (Wildman–Crippen LogP) is 2.18. The van der Waals surface area contributed by atoms with Crippen molar-refractivity contribution >= 4 is 17.2 Å². The number of aliphatic hydroxyl groups is 1. The van der Waals surface area contributed by atoms with Crippen LogP contribution >= 0.6 is 12.2 Å². The highest BCUT2D eigenvalue weighted by Gasteiger charge is 2.03. The van der Waals surface area contributed by atoms with E-state index in [1.54, 1.807) is 0 Å². The average Bonchev–Trinajstić information content (AvgIpc) is 2.49. The van der Waals surface area contributed by atoms with Gasteiger partial charge in [0.15, 0.2) is 0 Å². The quantitative estimate of drug-likeness (QED) is 0.485. The van der Waals surface area contributed by atoms with Gasteiger partial charge in [-0.3, -0.25) is 0 Å². The molecule has 0 heterocycles. The average molecular weight is 310 g/mol. The van der Waals surface area contributed by atoms with Crippen LogP contribution in [0.3, 0.4) is 0 Å². The third-order valence-corrected chi connectivity index (χ3v) is 3.51. The molecule has 5 heteroatoms. The SMILES string of the molecule is CCCCN(CCO)CCCOc1ccc(C(N)=S)cc1. The minimum atomic E-state index is 0.213. The lowest BCUT2D eigenvalue weighted by atomic mass is 10.2. The van der Waals surface area contributed by atoms with Crippen molar-refractivity contribution in [2.75, 3.05) is 32.8 Å². The summed E-state index contributed by atoms with van der Waals surface area (Å²) in [6, 6.07) is 7.52. The lowest BCUT2D eigenvalue weighted by Crippen LogP contribution is -2.30. The minimum absolute atomic E-state index is 0.213. The highest BCUT2D eigenvalue weighted by atomic mass is 32.1. The van der Waals surface area contributed by atoms with Crippen molar-refractivity contribution in [1.29, 1.82) is 0 Å². The zero-order chi connectivity index (χ0) is 15.5. The van der Waals surface area contributed by atoms with Crippen LogP contribution in [0.5, 0.6) is 5.75 Å². The van der Waals surface area contributed by atoms with Gasteiger partial charge in [0.2, 0.25) is 0 Å². The van der Waals surface area contributed by atoms with Gasteiger partial charge in [-0.05, 0) is 43.7 Å². The second-order valence-electron chi connectivity index (χ2n) is 5.01. The van der Waals surface area contributed by atoms with E-state index in [0.29, 0.717) is 11.6 Å². The maximum atomic E-state index is 9.05. The van der Waals surface area contributed by atoms with Crippen LogP contribution < -0.4 is 10.5 Å². The predicted molar refractivity (Wildman–Crippen MR) is 90.9 cm³/mol. The molecule has 0 fully saturated rings. The first-order valence-electron chi connectivity index (χ1n) is 7.53. The number of unbranched alkanes of at least 4 members (excludes halogenated alkanes) is 1. The molecule has 0 amide bonds. The maximum absolute atomic E-state index is 9.05. The van der Waals surface area contributed by atoms with E-state index >= 15 is 0 Å². The second kappa shape index (κ2) is 10.5.